The van der Waals surface area contributed by atoms with Gasteiger partial charge in [-0.25, -0.2) is 0 Å². The van der Waals surface area contributed by atoms with Crippen LogP contribution in [0.1, 0.15) is 46.0 Å². The Morgan fingerprint density at radius 1 is 1.30 bits per heavy atom. The molecule has 0 bridgehead atoms. The highest BCUT2D eigenvalue weighted by Gasteiger charge is 2.08. The van der Waals surface area contributed by atoms with E-state index in [9.17, 15) is 4.79 Å². The summed E-state index contributed by atoms with van der Waals surface area (Å²) in [6.45, 7) is 4.23. The normalized spacial score (nSPS) is 11.9. The lowest BCUT2D eigenvalue weighted by molar-refractivity contribution is -0.123. The molecule has 4 nitrogen and oxygen atoms in total. The lowest BCUT2D eigenvalue weighted by Gasteiger charge is -2.14. The summed E-state index contributed by atoms with van der Waals surface area (Å²) in [6.07, 6.45) is 5.89. The fourth-order valence-corrected chi connectivity index (χ4v) is 2.02. The fraction of sp³-hybridized carbons (Fsp3) is 0.562. The molecule has 0 heterocycles. The number of carbonyl (C=O) groups excluding carboxylic acids is 1. The summed E-state index contributed by atoms with van der Waals surface area (Å²) in [6, 6.07) is 7.37. The van der Waals surface area contributed by atoms with Crippen LogP contribution in [-0.4, -0.2) is 18.6 Å². The van der Waals surface area contributed by atoms with Crippen LogP contribution >= 0.6 is 0 Å². The number of unbranched alkanes of at least 4 members (excludes halogenated alkanes) is 3. The van der Waals surface area contributed by atoms with Crippen molar-refractivity contribution in [3.63, 3.8) is 0 Å². The van der Waals surface area contributed by atoms with E-state index in [-0.39, 0.29) is 18.6 Å². The first kappa shape index (κ1) is 16.3. The molecular weight excluding hydrogens is 252 g/mol. The Morgan fingerprint density at radius 2 is 2.05 bits per heavy atom. The van der Waals surface area contributed by atoms with Crippen LogP contribution in [0.5, 0.6) is 5.75 Å². The van der Waals surface area contributed by atoms with Gasteiger partial charge in [-0.15, -0.1) is 0 Å². The molecule has 0 radical (unpaired) electrons. The molecule has 1 amide bonds. The number of ether oxygens (including phenoxy) is 1. The molecule has 0 aliphatic heterocycles. The maximum atomic E-state index is 11.8. The van der Waals surface area contributed by atoms with Crippen LogP contribution in [0, 0.1) is 0 Å². The number of nitrogens with one attached hydrogen (secondary N) is 1. The average molecular weight is 278 g/mol. The molecule has 0 fully saturated rings. The van der Waals surface area contributed by atoms with E-state index in [0.717, 1.165) is 12.8 Å². The predicted molar refractivity (Wildman–Crippen MR) is 82.7 cm³/mol. The van der Waals surface area contributed by atoms with Gasteiger partial charge in [0.1, 0.15) is 5.75 Å². The molecule has 1 atom stereocenters. The van der Waals surface area contributed by atoms with Crippen LogP contribution < -0.4 is 15.8 Å². The van der Waals surface area contributed by atoms with Gasteiger partial charge in [-0.05, 0) is 25.5 Å². The van der Waals surface area contributed by atoms with E-state index in [1.165, 1.54) is 19.3 Å². The molecule has 112 valence electrons. The van der Waals surface area contributed by atoms with Crippen LogP contribution in [0.3, 0.4) is 0 Å². The molecule has 1 unspecified atom stereocenters. The second kappa shape index (κ2) is 9.23. The first-order valence-electron chi connectivity index (χ1n) is 7.40. The highest BCUT2D eigenvalue weighted by molar-refractivity contribution is 5.78. The second-order valence-electron chi connectivity index (χ2n) is 5.14. The number of nitrogens with two attached hydrogens (primary N) is 1. The monoisotopic (exact) mass is 278 g/mol. The minimum atomic E-state index is -0.101. The number of para-hydroxylation sites is 2. The number of nitrogen functional groups attached to an aromatic ring is 1. The van der Waals surface area contributed by atoms with Gasteiger partial charge in [0.2, 0.25) is 0 Å². The van der Waals surface area contributed by atoms with E-state index in [0.29, 0.717) is 11.4 Å². The van der Waals surface area contributed by atoms with Crippen LogP contribution in [0.2, 0.25) is 0 Å². The molecule has 0 spiro atoms. The topological polar surface area (TPSA) is 64.3 Å². The molecule has 4 heteroatoms. The third-order valence-electron chi connectivity index (χ3n) is 3.18. The summed E-state index contributed by atoms with van der Waals surface area (Å²) < 4.78 is 5.41. The Morgan fingerprint density at radius 3 is 2.75 bits per heavy atom. The van der Waals surface area contributed by atoms with E-state index >= 15 is 0 Å². The van der Waals surface area contributed by atoms with Crippen LogP contribution in [0.15, 0.2) is 24.3 Å². The first-order valence-corrected chi connectivity index (χ1v) is 7.40. The molecule has 3 N–H and O–H groups in total. The van der Waals surface area contributed by atoms with Gasteiger partial charge in [-0.3, -0.25) is 4.79 Å². The molecule has 0 aliphatic rings. The summed E-state index contributed by atoms with van der Waals surface area (Å²) in [7, 11) is 0. The molecule has 0 aliphatic carbocycles. The number of rotatable bonds is 9. The van der Waals surface area contributed by atoms with Crippen LogP contribution in [-0.2, 0) is 4.79 Å². The minimum absolute atomic E-state index is 0.00745. The van der Waals surface area contributed by atoms with Gasteiger partial charge in [0.25, 0.3) is 5.91 Å². The quantitative estimate of drug-likeness (QED) is 0.539. The zero-order valence-corrected chi connectivity index (χ0v) is 12.5. The van der Waals surface area contributed by atoms with Crippen molar-refractivity contribution in [2.45, 2.75) is 52.0 Å². The summed E-state index contributed by atoms with van der Waals surface area (Å²) in [4.78, 5) is 11.8. The van der Waals surface area contributed by atoms with E-state index in [1.54, 1.807) is 12.1 Å². The van der Waals surface area contributed by atoms with Crippen molar-refractivity contribution in [1.29, 1.82) is 0 Å². The SMILES string of the molecule is CCCCCCC(C)NC(=O)COc1ccccc1N. The lowest BCUT2D eigenvalue weighted by atomic mass is 10.1. The summed E-state index contributed by atoms with van der Waals surface area (Å²) in [5, 5.41) is 2.94. The van der Waals surface area contributed by atoms with Gasteiger partial charge in [-0.1, -0.05) is 44.7 Å². The minimum Gasteiger partial charge on any atom is -0.482 e. The Labute approximate surface area is 121 Å². The highest BCUT2D eigenvalue weighted by Crippen LogP contribution is 2.19. The number of hydrogen-bond acceptors (Lipinski definition) is 3. The van der Waals surface area contributed by atoms with Gasteiger partial charge in [-0.2, -0.15) is 0 Å². The summed E-state index contributed by atoms with van der Waals surface area (Å²) in [5.74, 6) is 0.453. The van der Waals surface area contributed by atoms with Crippen molar-refractivity contribution in [2.75, 3.05) is 12.3 Å². The third kappa shape index (κ3) is 6.45. The molecule has 0 saturated carbocycles. The van der Waals surface area contributed by atoms with Crippen molar-refractivity contribution in [3.05, 3.63) is 24.3 Å². The number of anilines is 1. The van der Waals surface area contributed by atoms with Gasteiger partial charge in [0.15, 0.2) is 6.61 Å². The third-order valence-corrected chi connectivity index (χ3v) is 3.18. The molecule has 1 aromatic carbocycles. The zero-order valence-electron chi connectivity index (χ0n) is 12.5. The van der Waals surface area contributed by atoms with Gasteiger partial charge >= 0.3 is 0 Å². The number of carbonyl (C=O) groups is 1. The van der Waals surface area contributed by atoms with Crippen molar-refractivity contribution < 1.29 is 9.53 Å². The van der Waals surface area contributed by atoms with Crippen LogP contribution in [0.25, 0.3) is 0 Å². The van der Waals surface area contributed by atoms with E-state index in [2.05, 4.69) is 12.2 Å². The largest absolute Gasteiger partial charge is 0.482 e. The maximum Gasteiger partial charge on any atom is 0.258 e. The highest BCUT2D eigenvalue weighted by atomic mass is 16.5. The fourth-order valence-electron chi connectivity index (χ4n) is 2.02. The van der Waals surface area contributed by atoms with Gasteiger partial charge in [0.05, 0.1) is 5.69 Å². The summed E-state index contributed by atoms with van der Waals surface area (Å²) >= 11 is 0. The van der Waals surface area contributed by atoms with Crippen LogP contribution in [0.4, 0.5) is 5.69 Å². The zero-order chi connectivity index (χ0) is 14.8. The summed E-state index contributed by atoms with van der Waals surface area (Å²) in [5.41, 5.74) is 6.29. The van der Waals surface area contributed by atoms with Gasteiger partial charge < -0.3 is 15.8 Å². The Balaban J connectivity index is 2.21. The van der Waals surface area contributed by atoms with Crippen molar-refractivity contribution >= 4 is 11.6 Å². The second-order valence-corrected chi connectivity index (χ2v) is 5.14. The predicted octanol–water partition coefficient (Wildman–Crippen LogP) is 3.12. The Kier molecular flexibility index (Phi) is 7.55. The average Bonchev–Trinajstić information content (AvgIpc) is 2.43. The smallest absolute Gasteiger partial charge is 0.258 e. The Bertz CT molecular complexity index is 407. The molecular formula is C16H26N2O2. The standard InChI is InChI=1S/C16H26N2O2/c1-3-4-5-6-9-13(2)18-16(19)12-20-15-11-8-7-10-14(15)17/h7-8,10-11,13H,3-6,9,12,17H2,1-2H3,(H,18,19). The lowest BCUT2D eigenvalue weighted by Crippen LogP contribution is -2.36. The van der Waals surface area contributed by atoms with Crippen molar-refractivity contribution in [1.82, 2.24) is 5.32 Å². The molecule has 1 aromatic rings. The molecule has 1 rings (SSSR count). The van der Waals surface area contributed by atoms with E-state index in [1.807, 2.05) is 19.1 Å². The van der Waals surface area contributed by atoms with Gasteiger partial charge in [0, 0.05) is 6.04 Å². The van der Waals surface area contributed by atoms with Crippen molar-refractivity contribution in [3.8, 4) is 5.75 Å². The Hall–Kier alpha value is -1.71. The molecule has 0 aromatic heterocycles. The first-order chi connectivity index (χ1) is 9.63. The number of amides is 1. The number of hydrogen-bond donors (Lipinski definition) is 2. The maximum absolute atomic E-state index is 11.8. The van der Waals surface area contributed by atoms with Crippen molar-refractivity contribution in [2.24, 2.45) is 0 Å². The molecule has 20 heavy (non-hydrogen) atoms. The van der Waals surface area contributed by atoms with E-state index < -0.39 is 0 Å². The molecule has 0 saturated heterocycles. The van der Waals surface area contributed by atoms with E-state index in [4.69, 9.17) is 10.5 Å². The number of benzene rings is 1.